The van der Waals surface area contributed by atoms with Crippen LogP contribution in [-0.4, -0.2) is 25.7 Å². The van der Waals surface area contributed by atoms with Crippen molar-refractivity contribution >= 4 is 34.3 Å². The number of rotatable bonds is 7. The normalized spacial score (nSPS) is 11.0. The van der Waals surface area contributed by atoms with Gasteiger partial charge in [-0.15, -0.1) is 0 Å². The summed E-state index contributed by atoms with van der Waals surface area (Å²) in [4.78, 5) is 43.3. The second-order valence-electron chi connectivity index (χ2n) is 7.22. The molecule has 4 rings (SSSR count). The standard InChI is InChI=1S/C24H22N4O3S/c1-2-27-23(30)21(22(25)28(24(27)31)14-16-8-4-3-5-9-16)19(29)15-32-20-13-12-17-10-6-7-11-18(17)26-20/h3-13H,2,14-15,25H2,1H3. The quantitative estimate of drug-likeness (QED) is 0.346. The first-order valence-corrected chi connectivity index (χ1v) is 11.2. The van der Waals surface area contributed by atoms with E-state index in [0.29, 0.717) is 5.03 Å². The van der Waals surface area contributed by atoms with E-state index in [1.54, 1.807) is 6.92 Å². The third kappa shape index (κ3) is 4.22. The van der Waals surface area contributed by atoms with Gasteiger partial charge in [0.1, 0.15) is 11.4 Å². The molecule has 0 atom stereocenters. The van der Waals surface area contributed by atoms with Gasteiger partial charge >= 0.3 is 5.69 Å². The Morgan fingerprint density at radius 1 is 0.969 bits per heavy atom. The first-order valence-electron chi connectivity index (χ1n) is 10.2. The van der Waals surface area contributed by atoms with Crippen LogP contribution in [0, 0.1) is 0 Å². The topological polar surface area (TPSA) is 100.0 Å². The maximum absolute atomic E-state index is 13.1. The predicted octanol–water partition coefficient (Wildman–Crippen LogP) is 3.18. The zero-order valence-corrected chi connectivity index (χ0v) is 18.3. The van der Waals surface area contributed by atoms with Gasteiger partial charge in [0, 0.05) is 11.9 Å². The number of anilines is 1. The number of fused-ring (bicyclic) bond motifs is 1. The molecular weight excluding hydrogens is 424 g/mol. The number of nitrogens with zero attached hydrogens (tertiary/aromatic N) is 3. The van der Waals surface area contributed by atoms with Gasteiger partial charge in [0.2, 0.25) is 0 Å². The number of hydrogen-bond donors (Lipinski definition) is 1. The molecule has 0 aliphatic heterocycles. The van der Waals surface area contributed by atoms with Crippen molar-refractivity contribution < 1.29 is 4.79 Å². The molecule has 4 aromatic rings. The molecule has 2 aromatic heterocycles. The summed E-state index contributed by atoms with van der Waals surface area (Å²) in [5.74, 6) is -0.556. The average Bonchev–Trinajstić information content (AvgIpc) is 2.81. The fraction of sp³-hybridized carbons (Fsp3) is 0.167. The summed E-state index contributed by atoms with van der Waals surface area (Å²) in [6, 6.07) is 20.8. The molecule has 0 amide bonds. The molecule has 0 bridgehead atoms. The minimum absolute atomic E-state index is 0.0158. The Kier molecular flexibility index (Phi) is 6.23. The van der Waals surface area contributed by atoms with Crippen molar-refractivity contribution in [3.8, 4) is 0 Å². The van der Waals surface area contributed by atoms with Crippen molar-refractivity contribution in [1.82, 2.24) is 14.1 Å². The van der Waals surface area contributed by atoms with Crippen molar-refractivity contribution in [1.29, 1.82) is 0 Å². The Bertz CT molecular complexity index is 1410. The zero-order valence-electron chi connectivity index (χ0n) is 17.5. The highest BCUT2D eigenvalue weighted by Gasteiger charge is 2.22. The zero-order chi connectivity index (χ0) is 22.7. The van der Waals surface area contributed by atoms with Crippen molar-refractivity contribution in [2.75, 3.05) is 11.5 Å². The Morgan fingerprint density at radius 2 is 1.69 bits per heavy atom. The fourth-order valence-electron chi connectivity index (χ4n) is 3.51. The van der Waals surface area contributed by atoms with Crippen LogP contribution in [0.25, 0.3) is 10.9 Å². The van der Waals surface area contributed by atoms with Crippen LogP contribution in [0.15, 0.2) is 81.3 Å². The molecule has 2 aromatic carbocycles. The molecule has 8 heteroatoms. The number of carbonyl (C=O) groups is 1. The van der Waals surface area contributed by atoms with Crippen molar-refractivity contribution in [3.05, 3.63) is 98.7 Å². The van der Waals surface area contributed by atoms with E-state index in [-0.39, 0.29) is 30.2 Å². The maximum atomic E-state index is 13.1. The molecule has 7 nitrogen and oxygen atoms in total. The van der Waals surface area contributed by atoms with E-state index in [1.807, 2.05) is 66.7 Å². The van der Waals surface area contributed by atoms with Crippen LogP contribution < -0.4 is 17.0 Å². The molecule has 162 valence electrons. The Balaban J connectivity index is 1.66. The molecule has 0 spiro atoms. The fourth-order valence-corrected chi connectivity index (χ4v) is 4.26. The second-order valence-corrected chi connectivity index (χ2v) is 8.21. The van der Waals surface area contributed by atoms with Gasteiger partial charge in [-0.3, -0.25) is 18.7 Å². The lowest BCUT2D eigenvalue weighted by molar-refractivity contribution is 0.102. The van der Waals surface area contributed by atoms with Crippen LogP contribution in [0.3, 0.4) is 0 Å². The van der Waals surface area contributed by atoms with E-state index >= 15 is 0 Å². The molecule has 0 unspecified atom stereocenters. The lowest BCUT2D eigenvalue weighted by Gasteiger charge is -2.15. The van der Waals surface area contributed by atoms with Gasteiger partial charge in [-0.1, -0.05) is 66.4 Å². The van der Waals surface area contributed by atoms with Crippen LogP contribution in [0.1, 0.15) is 22.8 Å². The number of Topliss-reactive ketones (excluding diaryl/α,β-unsaturated/α-hetero) is 1. The minimum Gasteiger partial charge on any atom is -0.384 e. The van der Waals surface area contributed by atoms with E-state index in [2.05, 4.69) is 4.98 Å². The molecule has 2 N–H and O–H groups in total. The first-order chi connectivity index (χ1) is 15.5. The van der Waals surface area contributed by atoms with Crippen LogP contribution in [0.2, 0.25) is 0 Å². The lowest BCUT2D eigenvalue weighted by Crippen LogP contribution is -2.44. The molecular formula is C24H22N4O3S. The molecule has 0 aliphatic rings. The number of hydrogen-bond acceptors (Lipinski definition) is 6. The third-order valence-electron chi connectivity index (χ3n) is 5.17. The smallest absolute Gasteiger partial charge is 0.332 e. The Hall–Kier alpha value is -3.65. The SMILES string of the molecule is CCn1c(=O)c(C(=O)CSc2ccc3ccccc3n2)c(N)n(Cc2ccccc2)c1=O. The van der Waals surface area contributed by atoms with Gasteiger partial charge < -0.3 is 5.73 Å². The number of pyridine rings is 1. The summed E-state index contributed by atoms with van der Waals surface area (Å²) in [6.45, 7) is 2.01. The largest absolute Gasteiger partial charge is 0.384 e. The summed E-state index contributed by atoms with van der Waals surface area (Å²) < 4.78 is 2.33. The summed E-state index contributed by atoms with van der Waals surface area (Å²) in [6.07, 6.45) is 0. The van der Waals surface area contributed by atoms with E-state index < -0.39 is 17.0 Å². The lowest BCUT2D eigenvalue weighted by atomic mass is 10.2. The van der Waals surface area contributed by atoms with Gasteiger partial charge in [0.25, 0.3) is 5.56 Å². The van der Waals surface area contributed by atoms with Crippen LogP contribution in [-0.2, 0) is 13.1 Å². The first kappa shape index (κ1) is 21.6. The van der Waals surface area contributed by atoms with Gasteiger partial charge in [-0.05, 0) is 24.6 Å². The monoisotopic (exact) mass is 446 g/mol. The molecule has 0 radical (unpaired) electrons. The number of para-hydroxylation sites is 1. The summed E-state index contributed by atoms with van der Waals surface area (Å²) in [5.41, 5.74) is 6.53. The number of nitrogens with two attached hydrogens (primary N) is 1. The molecule has 0 aliphatic carbocycles. The van der Waals surface area contributed by atoms with Gasteiger partial charge in [-0.25, -0.2) is 9.78 Å². The molecule has 0 fully saturated rings. The van der Waals surface area contributed by atoms with Crippen molar-refractivity contribution in [3.63, 3.8) is 0 Å². The number of carbonyl (C=O) groups excluding carboxylic acids is 1. The average molecular weight is 447 g/mol. The van der Waals surface area contributed by atoms with Crippen LogP contribution >= 0.6 is 11.8 Å². The summed E-state index contributed by atoms with van der Waals surface area (Å²) in [7, 11) is 0. The number of nitrogen functional groups attached to an aromatic ring is 1. The summed E-state index contributed by atoms with van der Waals surface area (Å²) in [5, 5.41) is 1.68. The molecule has 32 heavy (non-hydrogen) atoms. The van der Waals surface area contributed by atoms with Gasteiger partial charge in [0.05, 0.1) is 22.8 Å². The second kappa shape index (κ2) is 9.23. The van der Waals surface area contributed by atoms with Crippen LogP contribution in [0.5, 0.6) is 0 Å². The molecule has 0 saturated carbocycles. The van der Waals surface area contributed by atoms with E-state index in [0.717, 1.165) is 21.0 Å². The number of thioether (sulfide) groups is 1. The van der Waals surface area contributed by atoms with Crippen molar-refractivity contribution in [2.45, 2.75) is 25.0 Å². The van der Waals surface area contributed by atoms with Gasteiger partial charge in [-0.2, -0.15) is 0 Å². The molecule has 0 saturated heterocycles. The highest BCUT2D eigenvalue weighted by molar-refractivity contribution is 7.99. The maximum Gasteiger partial charge on any atom is 0.332 e. The predicted molar refractivity (Wildman–Crippen MR) is 127 cm³/mol. The van der Waals surface area contributed by atoms with Crippen molar-refractivity contribution in [2.24, 2.45) is 0 Å². The Morgan fingerprint density at radius 3 is 2.44 bits per heavy atom. The van der Waals surface area contributed by atoms with E-state index in [9.17, 15) is 14.4 Å². The van der Waals surface area contributed by atoms with Gasteiger partial charge in [0.15, 0.2) is 5.78 Å². The van der Waals surface area contributed by atoms with E-state index in [4.69, 9.17) is 5.73 Å². The number of ketones is 1. The van der Waals surface area contributed by atoms with E-state index in [1.165, 1.54) is 16.3 Å². The third-order valence-corrected chi connectivity index (χ3v) is 6.10. The summed E-state index contributed by atoms with van der Waals surface area (Å²) >= 11 is 1.23. The minimum atomic E-state index is -0.656. The highest BCUT2D eigenvalue weighted by Crippen LogP contribution is 2.21. The molecule has 2 heterocycles. The number of aromatic nitrogens is 3. The highest BCUT2D eigenvalue weighted by atomic mass is 32.2. The van der Waals surface area contributed by atoms with Crippen LogP contribution in [0.4, 0.5) is 5.82 Å². The number of benzene rings is 2. The Labute approximate surface area is 188 Å².